The van der Waals surface area contributed by atoms with Crippen LogP contribution in [-0.4, -0.2) is 33.0 Å². The van der Waals surface area contributed by atoms with Crippen molar-refractivity contribution in [1.29, 1.82) is 0 Å². The zero-order chi connectivity index (χ0) is 8.39. The van der Waals surface area contributed by atoms with E-state index in [4.69, 9.17) is 5.11 Å². The number of aromatic nitrogens is 3. The first kappa shape index (κ1) is 7.70. The second-order valence-electron chi connectivity index (χ2n) is 2.96. The Hall–Kier alpha value is -0.940. The van der Waals surface area contributed by atoms with E-state index in [1.54, 1.807) is 6.33 Å². The molecular weight excluding hydrogens is 156 g/mol. The summed E-state index contributed by atoms with van der Waals surface area (Å²) in [6, 6.07) is 0.419. The van der Waals surface area contributed by atoms with Crippen LogP contribution >= 0.6 is 0 Å². The minimum Gasteiger partial charge on any atom is -0.388 e. The van der Waals surface area contributed by atoms with Gasteiger partial charge in [-0.05, 0) is 13.0 Å². The Morgan fingerprint density at radius 2 is 2.67 bits per heavy atom. The lowest BCUT2D eigenvalue weighted by molar-refractivity contribution is 0.261. The molecule has 1 saturated heterocycles. The minimum atomic E-state index is -0.0312. The normalized spacial score (nSPS) is 23.2. The van der Waals surface area contributed by atoms with Crippen LogP contribution in [0.1, 0.15) is 18.3 Å². The van der Waals surface area contributed by atoms with Gasteiger partial charge in [-0.15, -0.1) is 10.2 Å². The SMILES string of the molecule is OCc1nncn1C1CCNC1. The zero-order valence-electron chi connectivity index (χ0n) is 6.77. The van der Waals surface area contributed by atoms with Gasteiger partial charge in [-0.3, -0.25) is 0 Å². The molecule has 66 valence electrons. The molecule has 0 radical (unpaired) electrons. The van der Waals surface area contributed by atoms with E-state index >= 15 is 0 Å². The summed E-state index contributed by atoms with van der Waals surface area (Å²) in [7, 11) is 0. The van der Waals surface area contributed by atoms with Gasteiger partial charge in [0.2, 0.25) is 0 Å². The molecule has 5 nitrogen and oxygen atoms in total. The van der Waals surface area contributed by atoms with Gasteiger partial charge in [0.1, 0.15) is 12.9 Å². The molecular formula is C7H12N4O. The molecule has 0 saturated carbocycles. The molecule has 0 amide bonds. The highest BCUT2D eigenvalue weighted by Crippen LogP contribution is 2.15. The second-order valence-corrected chi connectivity index (χ2v) is 2.96. The Kier molecular flexibility index (Phi) is 2.05. The first-order valence-electron chi connectivity index (χ1n) is 4.12. The third-order valence-electron chi connectivity index (χ3n) is 2.22. The van der Waals surface area contributed by atoms with Gasteiger partial charge in [0.15, 0.2) is 5.82 Å². The van der Waals surface area contributed by atoms with Crippen LogP contribution < -0.4 is 5.32 Å². The standard InChI is InChI=1S/C7H12N4O/c12-4-7-10-9-5-11(7)6-1-2-8-3-6/h5-6,8,12H,1-4H2. The second kappa shape index (κ2) is 3.20. The van der Waals surface area contributed by atoms with E-state index in [0.29, 0.717) is 11.9 Å². The first-order chi connectivity index (χ1) is 5.92. The Balaban J connectivity index is 2.19. The van der Waals surface area contributed by atoms with Crippen LogP contribution in [0.2, 0.25) is 0 Å². The largest absolute Gasteiger partial charge is 0.388 e. The molecule has 2 N–H and O–H groups in total. The zero-order valence-corrected chi connectivity index (χ0v) is 6.77. The van der Waals surface area contributed by atoms with E-state index < -0.39 is 0 Å². The molecule has 1 unspecified atom stereocenters. The van der Waals surface area contributed by atoms with Gasteiger partial charge in [0, 0.05) is 6.54 Å². The predicted octanol–water partition coefficient (Wildman–Crippen LogP) is -0.695. The van der Waals surface area contributed by atoms with Gasteiger partial charge in [-0.25, -0.2) is 0 Å². The average Bonchev–Trinajstić information content (AvgIpc) is 2.74. The van der Waals surface area contributed by atoms with Gasteiger partial charge < -0.3 is 15.0 Å². The lowest BCUT2D eigenvalue weighted by Crippen LogP contribution is -2.15. The molecule has 0 aromatic carbocycles. The van der Waals surface area contributed by atoms with Crippen molar-refractivity contribution in [3.8, 4) is 0 Å². The third kappa shape index (κ3) is 1.21. The average molecular weight is 168 g/mol. The molecule has 0 aliphatic carbocycles. The van der Waals surface area contributed by atoms with E-state index in [2.05, 4.69) is 15.5 Å². The van der Waals surface area contributed by atoms with Crippen molar-refractivity contribution >= 4 is 0 Å². The quantitative estimate of drug-likeness (QED) is 0.613. The summed E-state index contributed by atoms with van der Waals surface area (Å²) in [6.45, 7) is 1.95. The topological polar surface area (TPSA) is 63.0 Å². The smallest absolute Gasteiger partial charge is 0.158 e. The van der Waals surface area contributed by atoms with Crippen molar-refractivity contribution in [2.75, 3.05) is 13.1 Å². The molecule has 5 heteroatoms. The minimum absolute atomic E-state index is 0.0312. The highest BCUT2D eigenvalue weighted by molar-refractivity contribution is 4.90. The number of aliphatic hydroxyl groups is 1. The highest BCUT2D eigenvalue weighted by atomic mass is 16.3. The fourth-order valence-corrected chi connectivity index (χ4v) is 1.56. The molecule has 12 heavy (non-hydrogen) atoms. The molecule has 1 atom stereocenters. The summed E-state index contributed by atoms with van der Waals surface area (Å²) in [5, 5.41) is 19.8. The number of nitrogens with one attached hydrogen (secondary N) is 1. The summed E-state index contributed by atoms with van der Waals surface area (Å²) in [5.74, 6) is 0.656. The van der Waals surface area contributed by atoms with Crippen LogP contribution in [0.15, 0.2) is 6.33 Å². The molecule has 2 heterocycles. The van der Waals surface area contributed by atoms with Crippen LogP contribution in [0.25, 0.3) is 0 Å². The van der Waals surface area contributed by atoms with Crippen LogP contribution in [0.4, 0.5) is 0 Å². The summed E-state index contributed by atoms with van der Waals surface area (Å²) >= 11 is 0. The Morgan fingerprint density at radius 1 is 1.75 bits per heavy atom. The Labute approximate surface area is 70.4 Å². The van der Waals surface area contributed by atoms with Crippen molar-refractivity contribution in [3.05, 3.63) is 12.2 Å². The van der Waals surface area contributed by atoms with Crippen molar-refractivity contribution < 1.29 is 5.11 Å². The maximum atomic E-state index is 8.92. The number of rotatable bonds is 2. The lowest BCUT2D eigenvalue weighted by atomic mass is 10.2. The Bertz CT molecular complexity index is 254. The molecule has 1 aromatic rings. The summed E-state index contributed by atoms with van der Waals surface area (Å²) in [5.41, 5.74) is 0. The third-order valence-corrected chi connectivity index (χ3v) is 2.22. The van der Waals surface area contributed by atoms with Gasteiger partial charge >= 0.3 is 0 Å². The van der Waals surface area contributed by atoms with Gasteiger partial charge in [0.25, 0.3) is 0 Å². The van der Waals surface area contributed by atoms with Crippen molar-refractivity contribution in [3.63, 3.8) is 0 Å². The van der Waals surface area contributed by atoms with Crippen LogP contribution in [0, 0.1) is 0 Å². The Morgan fingerprint density at radius 3 is 3.33 bits per heavy atom. The van der Waals surface area contributed by atoms with Crippen LogP contribution in [0.5, 0.6) is 0 Å². The number of nitrogens with zero attached hydrogens (tertiary/aromatic N) is 3. The number of hydrogen-bond acceptors (Lipinski definition) is 4. The predicted molar refractivity (Wildman–Crippen MR) is 42.5 cm³/mol. The van der Waals surface area contributed by atoms with Crippen molar-refractivity contribution in [1.82, 2.24) is 20.1 Å². The lowest BCUT2D eigenvalue weighted by Gasteiger charge is -2.10. The monoisotopic (exact) mass is 168 g/mol. The summed E-state index contributed by atoms with van der Waals surface area (Å²) < 4.78 is 1.94. The van der Waals surface area contributed by atoms with Crippen LogP contribution in [-0.2, 0) is 6.61 Å². The fraction of sp³-hybridized carbons (Fsp3) is 0.714. The summed E-state index contributed by atoms with van der Waals surface area (Å²) in [6.07, 6.45) is 2.77. The molecule has 1 fully saturated rings. The molecule has 1 aliphatic rings. The molecule has 0 spiro atoms. The van der Waals surface area contributed by atoms with E-state index in [9.17, 15) is 0 Å². The van der Waals surface area contributed by atoms with Gasteiger partial charge in [-0.1, -0.05) is 0 Å². The number of hydrogen-bond donors (Lipinski definition) is 2. The maximum Gasteiger partial charge on any atom is 0.158 e. The van der Waals surface area contributed by atoms with E-state index in [1.165, 1.54) is 0 Å². The number of aliphatic hydroxyl groups excluding tert-OH is 1. The van der Waals surface area contributed by atoms with Crippen molar-refractivity contribution in [2.45, 2.75) is 19.1 Å². The maximum absolute atomic E-state index is 8.92. The van der Waals surface area contributed by atoms with Crippen LogP contribution in [0.3, 0.4) is 0 Å². The van der Waals surface area contributed by atoms with Gasteiger partial charge in [-0.2, -0.15) is 0 Å². The summed E-state index contributed by atoms with van der Waals surface area (Å²) in [4.78, 5) is 0. The van der Waals surface area contributed by atoms with E-state index in [1.807, 2.05) is 4.57 Å². The molecule has 0 bridgehead atoms. The van der Waals surface area contributed by atoms with Crippen molar-refractivity contribution in [2.24, 2.45) is 0 Å². The van der Waals surface area contributed by atoms with Gasteiger partial charge in [0.05, 0.1) is 6.04 Å². The first-order valence-corrected chi connectivity index (χ1v) is 4.12. The molecule has 2 rings (SSSR count). The molecule has 1 aliphatic heterocycles. The van der Waals surface area contributed by atoms with E-state index in [-0.39, 0.29) is 6.61 Å². The fourth-order valence-electron chi connectivity index (χ4n) is 1.56. The van der Waals surface area contributed by atoms with E-state index in [0.717, 1.165) is 19.5 Å². The highest BCUT2D eigenvalue weighted by Gasteiger charge is 2.18. The molecule has 1 aromatic heterocycles.